The zero-order chi connectivity index (χ0) is 16.8. The molecule has 1 heterocycles. The number of nitrogens with one attached hydrogen (secondary N) is 2. The minimum atomic E-state index is -1.10. The third-order valence-corrected chi connectivity index (χ3v) is 3.01. The minimum Gasteiger partial charge on any atom is -0.497 e. The number of carboxylic acids is 1. The van der Waals surface area contributed by atoms with Crippen molar-refractivity contribution in [3.63, 3.8) is 0 Å². The van der Waals surface area contributed by atoms with Gasteiger partial charge in [-0.25, -0.2) is 10.4 Å². The van der Waals surface area contributed by atoms with Gasteiger partial charge in [0.05, 0.1) is 26.9 Å². The smallest absolute Gasteiger partial charge is 0.306 e. The fourth-order valence-corrected chi connectivity index (χ4v) is 1.90. The van der Waals surface area contributed by atoms with Gasteiger partial charge in [-0.3, -0.25) is 14.9 Å². The molecule has 0 fully saturated rings. The van der Waals surface area contributed by atoms with Crippen molar-refractivity contribution in [1.29, 1.82) is 0 Å². The number of carboxylic acid groups (broad SMARTS) is 1. The van der Waals surface area contributed by atoms with Crippen molar-refractivity contribution in [2.75, 3.05) is 14.2 Å². The van der Waals surface area contributed by atoms with E-state index >= 15 is 0 Å². The molecule has 1 aliphatic rings. The summed E-state index contributed by atoms with van der Waals surface area (Å²) in [6, 6.07) is 4.27. The lowest BCUT2D eigenvalue weighted by Gasteiger charge is -2.06. The van der Waals surface area contributed by atoms with E-state index in [1.165, 1.54) is 13.3 Å². The number of guanidine groups is 1. The monoisotopic (exact) mass is 320 g/mol. The number of ether oxygens (including phenoxy) is 2. The molecule has 0 bridgehead atoms. The van der Waals surface area contributed by atoms with Crippen LogP contribution in [0.2, 0.25) is 0 Å². The molecule has 2 rings (SSSR count). The normalized spacial score (nSPS) is 16.9. The summed E-state index contributed by atoms with van der Waals surface area (Å²) < 4.78 is 10.3. The van der Waals surface area contributed by atoms with Crippen LogP contribution >= 0.6 is 0 Å². The Labute approximate surface area is 132 Å². The third-order valence-electron chi connectivity index (χ3n) is 3.01. The number of rotatable bonds is 6. The number of methoxy groups -OCH3 is 2. The summed E-state index contributed by atoms with van der Waals surface area (Å²) >= 11 is 0. The number of aliphatic imine (C=N–C) groups is 1. The Balaban J connectivity index is 2.02. The molecule has 0 radical (unpaired) electrons. The molecule has 1 atom stereocenters. The maximum Gasteiger partial charge on any atom is 0.306 e. The highest BCUT2D eigenvalue weighted by Gasteiger charge is 2.28. The van der Waals surface area contributed by atoms with Crippen LogP contribution in [0.4, 0.5) is 0 Å². The Morgan fingerprint density at radius 2 is 2.26 bits per heavy atom. The van der Waals surface area contributed by atoms with Gasteiger partial charge in [0, 0.05) is 11.6 Å². The van der Waals surface area contributed by atoms with Gasteiger partial charge in [0.1, 0.15) is 17.5 Å². The highest BCUT2D eigenvalue weighted by atomic mass is 16.5. The van der Waals surface area contributed by atoms with Crippen LogP contribution in [0.25, 0.3) is 0 Å². The second kappa shape index (κ2) is 7.25. The number of amides is 1. The Kier molecular flexibility index (Phi) is 5.13. The molecule has 9 heteroatoms. The van der Waals surface area contributed by atoms with E-state index in [0.29, 0.717) is 17.1 Å². The average Bonchev–Trinajstić information content (AvgIpc) is 2.86. The quantitative estimate of drug-likeness (QED) is 0.499. The van der Waals surface area contributed by atoms with Gasteiger partial charge in [0.2, 0.25) is 5.96 Å². The average molecular weight is 320 g/mol. The van der Waals surface area contributed by atoms with Crippen molar-refractivity contribution in [2.24, 2.45) is 10.1 Å². The van der Waals surface area contributed by atoms with Gasteiger partial charge in [-0.05, 0) is 12.1 Å². The SMILES string of the molecule is COc1ccc(C=NNC2=NC(CC(=O)O)C(=O)N2)c(OC)c1. The molecule has 0 saturated carbocycles. The fraction of sp³-hybridized carbons (Fsp3) is 0.286. The van der Waals surface area contributed by atoms with Crippen LogP contribution in [0, 0.1) is 0 Å². The minimum absolute atomic E-state index is 0.102. The molecule has 0 aliphatic carbocycles. The van der Waals surface area contributed by atoms with Gasteiger partial charge in [-0.1, -0.05) is 0 Å². The largest absolute Gasteiger partial charge is 0.497 e. The van der Waals surface area contributed by atoms with Gasteiger partial charge >= 0.3 is 5.97 Å². The Hall–Kier alpha value is -3.10. The first-order valence-electron chi connectivity index (χ1n) is 6.65. The number of carbonyl (C=O) groups is 2. The van der Waals surface area contributed by atoms with E-state index in [4.69, 9.17) is 14.6 Å². The fourth-order valence-electron chi connectivity index (χ4n) is 1.90. The van der Waals surface area contributed by atoms with Crippen LogP contribution in [-0.2, 0) is 9.59 Å². The maximum absolute atomic E-state index is 11.5. The first-order valence-corrected chi connectivity index (χ1v) is 6.65. The van der Waals surface area contributed by atoms with Crippen LogP contribution in [-0.4, -0.2) is 49.4 Å². The molecule has 0 spiro atoms. The van der Waals surface area contributed by atoms with Gasteiger partial charge < -0.3 is 14.6 Å². The Morgan fingerprint density at radius 3 is 2.91 bits per heavy atom. The van der Waals surface area contributed by atoms with Gasteiger partial charge in [-0.2, -0.15) is 5.10 Å². The zero-order valence-electron chi connectivity index (χ0n) is 12.6. The van der Waals surface area contributed by atoms with Crippen molar-refractivity contribution < 1.29 is 24.2 Å². The van der Waals surface area contributed by atoms with Crippen molar-refractivity contribution >= 4 is 24.1 Å². The molecule has 1 aliphatic heterocycles. The third kappa shape index (κ3) is 4.19. The van der Waals surface area contributed by atoms with Crippen LogP contribution in [0.1, 0.15) is 12.0 Å². The van der Waals surface area contributed by atoms with E-state index in [-0.39, 0.29) is 12.4 Å². The summed E-state index contributed by atoms with van der Waals surface area (Å²) in [7, 11) is 3.08. The molecule has 9 nitrogen and oxygen atoms in total. The van der Waals surface area contributed by atoms with Gasteiger partial charge in [-0.15, -0.1) is 0 Å². The lowest BCUT2D eigenvalue weighted by atomic mass is 10.2. The molecule has 1 aromatic rings. The first-order chi connectivity index (χ1) is 11.0. The van der Waals surface area contributed by atoms with Crippen molar-refractivity contribution in [3.8, 4) is 11.5 Å². The number of hydrogen-bond donors (Lipinski definition) is 3. The van der Waals surface area contributed by atoms with Crippen LogP contribution in [0.3, 0.4) is 0 Å². The predicted octanol–water partition coefficient (Wildman–Crippen LogP) is -0.0436. The second-order valence-corrected chi connectivity index (χ2v) is 4.56. The van der Waals surface area contributed by atoms with E-state index in [9.17, 15) is 9.59 Å². The van der Waals surface area contributed by atoms with Gasteiger partial charge in [0.25, 0.3) is 5.91 Å². The summed E-state index contributed by atoms with van der Waals surface area (Å²) in [4.78, 5) is 26.0. The van der Waals surface area contributed by atoms with Crippen LogP contribution < -0.4 is 20.2 Å². The second-order valence-electron chi connectivity index (χ2n) is 4.56. The number of carbonyl (C=O) groups excluding carboxylic acids is 1. The Bertz CT molecular complexity index is 671. The molecule has 122 valence electrons. The molecular formula is C14H16N4O5. The van der Waals surface area contributed by atoms with E-state index in [1.54, 1.807) is 25.3 Å². The lowest BCUT2D eigenvalue weighted by molar-refractivity contribution is -0.139. The van der Waals surface area contributed by atoms with E-state index < -0.39 is 17.9 Å². The summed E-state index contributed by atoms with van der Waals surface area (Å²) in [5.41, 5.74) is 3.24. The predicted molar refractivity (Wildman–Crippen MR) is 81.9 cm³/mol. The Morgan fingerprint density at radius 1 is 1.48 bits per heavy atom. The van der Waals surface area contributed by atoms with Gasteiger partial charge in [0.15, 0.2) is 0 Å². The number of nitrogens with zero attached hydrogens (tertiary/aromatic N) is 2. The van der Waals surface area contributed by atoms with Crippen LogP contribution in [0.5, 0.6) is 11.5 Å². The number of benzene rings is 1. The lowest BCUT2D eigenvalue weighted by Crippen LogP contribution is -2.35. The first kappa shape index (κ1) is 16.3. The number of hydrogen-bond acceptors (Lipinski definition) is 7. The summed E-state index contributed by atoms with van der Waals surface area (Å²) in [6.07, 6.45) is 1.12. The summed E-state index contributed by atoms with van der Waals surface area (Å²) in [6.45, 7) is 0. The standard InChI is InChI=1S/C14H16N4O5/c1-22-9-4-3-8(11(5-9)23-2)7-15-18-14-16-10(6-12(19)20)13(21)17-14/h3-5,7,10H,6H2,1-2H3,(H,19,20)(H2,16,17,18,21). The molecule has 1 aromatic carbocycles. The number of hydrazone groups is 1. The molecule has 23 heavy (non-hydrogen) atoms. The molecule has 3 N–H and O–H groups in total. The molecular weight excluding hydrogens is 304 g/mol. The number of aliphatic carboxylic acids is 1. The maximum atomic E-state index is 11.5. The molecule has 1 amide bonds. The molecule has 1 unspecified atom stereocenters. The van der Waals surface area contributed by atoms with E-state index in [2.05, 4.69) is 20.8 Å². The van der Waals surface area contributed by atoms with Crippen molar-refractivity contribution in [3.05, 3.63) is 23.8 Å². The van der Waals surface area contributed by atoms with E-state index in [0.717, 1.165) is 0 Å². The summed E-state index contributed by atoms with van der Waals surface area (Å²) in [5, 5.41) is 15.0. The highest BCUT2D eigenvalue weighted by molar-refractivity contribution is 6.06. The van der Waals surface area contributed by atoms with Crippen molar-refractivity contribution in [1.82, 2.24) is 10.7 Å². The highest BCUT2D eigenvalue weighted by Crippen LogP contribution is 2.22. The summed E-state index contributed by atoms with van der Waals surface area (Å²) in [5.74, 6) is -0.259. The zero-order valence-corrected chi connectivity index (χ0v) is 12.6. The van der Waals surface area contributed by atoms with Crippen molar-refractivity contribution in [2.45, 2.75) is 12.5 Å². The molecule has 0 saturated heterocycles. The van der Waals surface area contributed by atoms with E-state index in [1.807, 2.05) is 0 Å². The molecule has 0 aromatic heterocycles. The van der Waals surface area contributed by atoms with Crippen LogP contribution in [0.15, 0.2) is 28.3 Å². The topological polar surface area (TPSA) is 122 Å².